The van der Waals surface area contributed by atoms with Crippen LogP contribution in [0.2, 0.25) is 0 Å². The van der Waals surface area contributed by atoms with Crippen LogP contribution in [-0.4, -0.2) is 23.0 Å². The molecule has 0 spiro atoms. The molecule has 0 aromatic heterocycles. The second kappa shape index (κ2) is 3.98. The van der Waals surface area contributed by atoms with E-state index in [4.69, 9.17) is 0 Å². The van der Waals surface area contributed by atoms with E-state index < -0.39 is 0 Å². The van der Waals surface area contributed by atoms with E-state index in [0.717, 1.165) is 17.9 Å². The van der Waals surface area contributed by atoms with Crippen LogP contribution in [0.25, 0.3) is 0 Å². The molecule has 1 saturated carbocycles. The van der Waals surface area contributed by atoms with Gasteiger partial charge in [-0.05, 0) is 56.3 Å². The normalized spacial score (nSPS) is 37.0. The number of hydrogen-bond acceptors (Lipinski definition) is 1. The molecule has 0 N–H and O–H groups in total. The lowest BCUT2D eigenvalue weighted by atomic mass is 9.54. The molecule has 0 radical (unpaired) electrons. The fourth-order valence-corrected chi connectivity index (χ4v) is 4.63. The van der Waals surface area contributed by atoms with Crippen molar-refractivity contribution in [3.8, 4) is 0 Å². The summed E-state index contributed by atoms with van der Waals surface area (Å²) in [5, 5.41) is 0. The summed E-state index contributed by atoms with van der Waals surface area (Å²) in [5.74, 6) is 1.80. The van der Waals surface area contributed by atoms with Crippen LogP contribution in [-0.2, 0) is 0 Å². The van der Waals surface area contributed by atoms with Crippen molar-refractivity contribution in [3.05, 3.63) is 0 Å². The highest BCUT2D eigenvalue weighted by Gasteiger charge is 2.54. The summed E-state index contributed by atoms with van der Waals surface area (Å²) in [6, 6.07) is 0.770. The summed E-state index contributed by atoms with van der Waals surface area (Å²) >= 11 is 0. The van der Waals surface area contributed by atoms with Crippen LogP contribution in [0, 0.1) is 22.7 Å². The Morgan fingerprint density at radius 3 is 1.94 bits per heavy atom. The third kappa shape index (κ3) is 2.35. The van der Waals surface area contributed by atoms with Crippen LogP contribution >= 0.6 is 0 Å². The molecule has 0 aromatic rings. The van der Waals surface area contributed by atoms with Gasteiger partial charge in [0.25, 0.3) is 0 Å². The Balaban J connectivity index is 2.28. The zero-order valence-electron chi connectivity index (χ0n) is 13.8. The number of rotatable bonds is 0. The van der Waals surface area contributed by atoms with E-state index in [1.807, 2.05) is 0 Å². The van der Waals surface area contributed by atoms with Crippen LogP contribution in [0.1, 0.15) is 68.2 Å². The van der Waals surface area contributed by atoms with Crippen molar-refractivity contribution < 1.29 is 0 Å². The summed E-state index contributed by atoms with van der Waals surface area (Å²) in [4.78, 5) is 2.80. The van der Waals surface area contributed by atoms with E-state index in [2.05, 4.69) is 60.3 Å². The van der Waals surface area contributed by atoms with Gasteiger partial charge in [0.2, 0.25) is 0 Å². The Labute approximate surface area is 114 Å². The maximum absolute atomic E-state index is 2.80. The molecule has 0 aromatic carbocycles. The minimum absolute atomic E-state index is 0.323. The van der Waals surface area contributed by atoms with Crippen molar-refractivity contribution >= 4 is 0 Å². The van der Waals surface area contributed by atoms with Crippen molar-refractivity contribution in [2.45, 2.75) is 79.8 Å². The van der Waals surface area contributed by atoms with Crippen LogP contribution in [0.4, 0.5) is 0 Å². The molecular weight excluding hydrogens is 218 g/mol. The van der Waals surface area contributed by atoms with Crippen LogP contribution in [0.15, 0.2) is 0 Å². The van der Waals surface area contributed by atoms with Gasteiger partial charge in [-0.25, -0.2) is 0 Å². The molecule has 2 bridgehead atoms. The van der Waals surface area contributed by atoms with Crippen molar-refractivity contribution in [1.82, 2.24) is 4.90 Å². The van der Waals surface area contributed by atoms with Gasteiger partial charge in [0.05, 0.1) is 0 Å². The van der Waals surface area contributed by atoms with Crippen molar-refractivity contribution in [2.24, 2.45) is 22.7 Å². The molecule has 2 aliphatic heterocycles. The van der Waals surface area contributed by atoms with Crippen molar-refractivity contribution in [2.75, 3.05) is 6.54 Å². The van der Waals surface area contributed by atoms with Crippen molar-refractivity contribution in [1.29, 1.82) is 0 Å². The highest BCUT2D eigenvalue weighted by molar-refractivity contribution is 5.06. The lowest BCUT2D eigenvalue weighted by Gasteiger charge is -2.63. The number of piperidine rings is 2. The Bertz CT molecular complexity index is 315. The Kier molecular flexibility index (Phi) is 3.17. The summed E-state index contributed by atoms with van der Waals surface area (Å²) in [5.41, 5.74) is 1.30. The molecule has 0 amide bonds. The lowest BCUT2D eigenvalue weighted by Crippen LogP contribution is -2.66. The summed E-state index contributed by atoms with van der Waals surface area (Å²) < 4.78 is 0. The van der Waals surface area contributed by atoms with Gasteiger partial charge in [-0.15, -0.1) is 0 Å². The molecule has 3 fully saturated rings. The van der Waals surface area contributed by atoms with Gasteiger partial charge in [-0.2, -0.15) is 0 Å². The smallest absolute Gasteiger partial charge is 0.0155 e. The monoisotopic (exact) mass is 251 g/mol. The molecule has 1 heteroatoms. The first-order valence-corrected chi connectivity index (χ1v) is 7.70. The maximum atomic E-state index is 2.80. The van der Waals surface area contributed by atoms with Gasteiger partial charge >= 0.3 is 0 Å². The summed E-state index contributed by atoms with van der Waals surface area (Å²) in [7, 11) is 0. The fraction of sp³-hybridized carbons (Fsp3) is 1.00. The molecule has 3 rings (SSSR count). The van der Waals surface area contributed by atoms with Gasteiger partial charge in [0.15, 0.2) is 0 Å². The average molecular weight is 251 g/mol. The largest absolute Gasteiger partial charge is 0.295 e. The van der Waals surface area contributed by atoms with Gasteiger partial charge in [0, 0.05) is 18.1 Å². The van der Waals surface area contributed by atoms with E-state index in [0.29, 0.717) is 16.4 Å². The fourth-order valence-electron chi connectivity index (χ4n) is 4.63. The van der Waals surface area contributed by atoms with E-state index in [9.17, 15) is 0 Å². The second-order valence-corrected chi connectivity index (χ2v) is 9.50. The molecule has 1 nitrogen and oxygen atoms in total. The van der Waals surface area contributed by atoms with Crippen molar-refractivity contribution in [3.63, 3.8) is 0 Å². The molecule has 106 valence electrons. The molecule has 1 unspecified atom stereocenters. The SMILES string of the molecule is CC(C)(C)C1C[C@H]2N(C(C)(C)C)C[C@@H]1CC2(C)C. The zero-order chi connectivity index (χ0) is 13.9. The highest BCUT2D eigenvalue weighted by Crippen LogP contribution is 2.55. The van der Waals surface area contributed by atoms with E-state index >= 15 is 0 Å². The van der Waals surface area contributed by atoms with Gasteiger partial charge in [0.1, 0.15) is 0 Å². The Morgan fingerprint density at radius 1 is 1.00 bits per heavy atom. The topological polar surface area (TPSA) is 3.24 Å². The third-order valence-electron chi connectivity index (χ3n) is 5.52. The molecule has 2 saturated heterocycles. The second-order valence-electron chi connectivity index (χ2n) is 9.50. The maximum Gasteiger partial charge on any atom is 0.0155 e. The van der Waals surface area contributed by atoms with E-state index in [1.54, 1.807) is 0 Å². The van der Waals surface area contributed by atoms with E-state index in [1.165, 1.54) is 19.4 Å². The van der Waals surface area contributed by atoms with Crippen LogP contribution < -0.4 is 0 Å². The zero-order valence-corrected chi connectivity index (χ0v) is 13.8. The van der Waals surface area contributed by atoms with Gasteiger partial charge < -0.3 is 0 Å². The number of nitrogens with zero attached hydrogens (tertiary/aromatic N) is 1. The van der Waals surface area contributed by atoms with E-state index in [-0.39, 0.29) is 0 Å². The first-order valence-electron chi connectivity index (χ1n) is 7.70. The predicted octanol–water partition coefficient (Wildman–Crippen LogP) is 4.57. The molecular formula is C17H33N. The quantitative estimate of drug-likeness (QED) is 0.609. The standard InChI is InChI=1S/C17H33N/c1-15(2,3)13-9-14-17(7,8)10-12(13)11-18(14)16(4,5)6/h12-14H,9-11H2,1-8H3/t12-,13?,14+/m0/s1. The summed E-state index contributed by atoms with van der Waals surface area (Å²) in [6.07, 6.45) is 2.82. The minimum Gasteiger partial charge on any atom is -0.295 e. The van der Waals surface area contributed by atoms with Crippen LogP contribution in [0.3, 0.4) is 0 Å². The predicted molar refractivity (Wildman–Crippen MR) is 79.7 cm³/mol. The van der Waals surface area contributed by atoms with Crippen LogP contribution in [0.5, 0.6) is 0 Å². The molecule has 18 heavy (non-hydrogen) atoms. The molecule has 3 aliphatic rings. The van der Waals surface area contributed by atoms with Gasteiger partial charge in [-0.3, -0.25) is 4.90 Å². The third-order valence-corrected chi connectivity index (χ3v) is 5.52. The molecule has 3 atom stereocenters. The highest BCUT2D eigenvalue weighted by atomic mass is 15.2. The number of hydrogen-bond donors (Lipinski definition) is 0. The Hall–Kier alpha value is -0.0400. The van der Waals surface area contributed by atoms with Gasteiger partial charge in [-0.1, -0.05) is 34.6 Å². The molecule has 1 aliphatic carbocycles. The first-order chi connectivity index (χ1) is 7.93. The summed E-state index contributed by atoms with van der Waals surface area (Å²) in [6.45, 7) is 20.8. The average Bonchev–Trinajstić information content (AvgIpc) is 2.12. The minimum atomic E-state index is 0.323. The number of fused-ring (bicyclic) bond motifs is 3. The Morgan fingerprint density at radius 2 is 1.56 bits per heavy atom. The molecule has 2 heterocycles. The first kappa shape index (κ1) is 14.4. The lowest BCUT2D eigenvalue weighted by molar-refractivity contribution is -0.135.